The van der Waals surface area contributed by atoms with Gasteiger partial charge in [0.15, 0.2) is 0 Å². The highest BCUT2D eigenvalue weighted by atomic mass is 19.1. The van der Waals surface area contributed by atoms with Crippen LogP contribution in [0.15, 0.2) is 30.5 Å². The topological polar surface area (TPSA) is 86.5 Å². The van der Waals surface area contributed by atoms with Gasteiger partial charge in [-0.3, -0.25) is 4.79 Å². The Morgan fingerprint density at radius 2 is 1.82 bits per heavy atom. The van der Waals surface area contributed by atoms with Crippen LogP contribution in [0.4, 0.5) is 16.2 Å². The molecule has 0 aliphatic carbocycles. The number of hydrogen-bond acceptors (Lipinski definition) is 6. The standard InChI is InChI=1S/C24H31FN6O2/c1-5-29-15-19-20(22(29)33)26-23(31-12-10-30(11-13-31)16(2)32)27-21(19)28-24(3,4)14-17-6-8-18(25)9-7-17/h6-9,15,33H,5,10-14H2,1-4H3,(H,26,27,28). The van der Waals surface area contributed by atoms with Crippen molar-refractivity contribution < 1.29 is 14.3 Å². The number of fused-ring (bicyclic) bond motifs is 1. The number of anilines is 2. The molecule has 0 saturated carbocycles. The van der Waals surface area contributed by atoms with Gasteiger partial charge in [-0.25, -0.2) is 9.37 Å². The van der Waals surface area contributed by atoms with Crippen LogP contribution < -0.4 is 10.2 Å². The highest BCUT2D eigenvalue weighted by molar-refractivity contribution is 5.94. The van der Waals surface area contributed by atoms with Gasteiger partial charge in [0.1, 0.15) is 17.2 Å². The van der Waals surface area contributed by atoms with Crippen LogP contribution in [0.2, 0.25) is 0 Å². The van der Waals surface area contributed by atoms with E-state index in [0.717, 1.165) is 10.9 Å². The van der Waals surface area contributed by atoms with Crippen LogP contribution in [0.25, 0.3) is 10.9 Å². The third-order valence-corrected chi connectivity index (χ3v) is 6.07. The van der Waals surface area contributed by atoms with Crippen LogP contribution in [0, 0.1) is 5.82 Å². The first-order valence-electron chi connectivity index (χ1n) is 11.3. The van der Waals surface area contributed by atoms with Gasteiger partial charge >= 0.3 is 0 Å². The summed E-state index contributed by atoms with van der Waals surface area (Å²) in [7, 11) is 0. The summed E-state index contributed by atoms with van der Waals surface area (Å²) < 4.78 is 15.1. The number of amides is 1. The van der Waals surface area contributed by atoms with Gasteiger partial charge in [-0.1, -0.05) is 12.1 Å². The Morgan fingerprint density at radius 1 is 1.15 bits per heavy atom. The monoisotopic (exact) mass is 454 g/mol. The summed E-state index contributed by atoms with van der Waals surface area (Å²) in [5, 5.41) is 15.0. The average molecular weight is 455 g/mol. The number of benzene rings is 1. The van der Waals surface area contributed by atoms with Gasteiger partial charge < -0.3 is 24.8 Å². The first-order chi connectivity index (χ1) is 15.7. The molecule has 0 bridgehead atoms. The zero-order chi connectivity index (χ0) is 23.8. The lowest BCUT2D eigenvalue weighted by Gasteiger charge is -2.34. The summed E-state index contributed by atoms with van der Waals surface area (Å²) in [4.78, 5) is 25.1. The predicted octanol–water partition coefficient (Wildman–Crippen LogP) is 3.40. The second-order valence-corrected chi connectivity index (χ2v) is 9.18. The fraction of sp³-hybridized carbons (Fsp3) is 0.458. The summed E-state index contributed by atoms with van der Waals surface area (Å²) in [6.45, 7) is 10.7. The van der Waals surface area contributed by atoms with Crippen molar-refractivity contribution in [1.29, 1.82) is 0 Å². The summed E-state index contributed by atoms with van der Waals surface area (Å²) in [5.41, 5.74) is 1.11. The minimum atomic E-state index is -0.395. The van der Waals surface area contributed by atoms with E-state index in [1.54, 1.807) is 23.6 Å². The molecule has 1 aliphatic heterocycles. The molecule has 1 saturated heterocycles. The number of halogens is 1. The molecule has 0 spiro atoms. The van der Waals surface area contributed by atoms with Crippen molar-refractivity contribution in [1.82, 2.24) is 19.4 Å². The fourth-order valence-corrected chi connectivity index (χ4v) is 4.28. The lowest BCUT2D eigenvalue weighted by Crippen LogP contribution is -2.48. The van der Waals surface area contributed by atoms with Crippen LogP contribution >= 0.6 is 0 Å². The fourth-order valence-electron chi connectivity index (χ4n) is 4.28. The number of nitrogens with one attached hydrogen (secondary N) is 1. The van der Waals surface area contributed by atoms with Crippen molar-refractivity contribution in [3.05, 3.63) is 41.8 Å². The van der Waals surface area contributed by atoms with Crippen LogP contribution in [0.5, 0.6) is 5.88 Å². The minimum Gasteiger partial charge on any atom is -0.493 e. The third-order valence-electron chi connectivity index (χ3n) is 6.07. The molecule has 1 aromatic carbocycles. The molecular formula is C24H31FN6O2. The van der Waals surface area contributed by atoms with Crippen LogP contribution in [-0.4, -0.2) is 62.2 Å². The molecule has 3 heterocycles. The van der Waals surface area contributed by atoms with E-state index < -0.39 is 5.54 Å². The number of piperazine rings is 1. The molecule has 1 fully saturated rings. The maximum absolute atomic E-state index is 13.3. The van der Waals surface area contributed by atoms with Crippen molar-refractivity contribution in [2.45, 2.75) is 46.2 Å². The molecule has 4 rings (SSSR count). The maximum atomic E-state index is 13.3. The molecule has 0 atom stereocenters. The Kier molecular flexibility index (Phi) is 6.14. The van der Waals surface area contributed by atoms with Gasteiger partial charge in [0.25, 0.3) is 0 Å². The van der Waals surface area contributed by atoms with Crippen molar-refractivity contribution >= 4 is 28.6 Å². The van der Waals surface area contributed by atoms with Crippen LogP contribution in [0.3, 0.4) is 0 Å². The SMILES string of the molecule is CCn1cc2c(NC(C)(C)Cc3ccc(F)cc3)nc(N3CCN(C(C)=O)CC3)nc2c1O. The number of rotatable bonds is 6. The number of aryl methyl sites for hydroxylation is 1. The molecule has 0 unspecified atom stereocenters. The smallest absolute Gasteiger partial charge is 0.228 e. The molecule has 1 amide bonds. The van der Waals surface area contributed by atoms with Gasteiger partial charge in [0.2, 0.25) is 17.7 Å². The molecule has 2 N–H and O–H groups in total. The number of carbonyl (C=O) groups excluding carboxylic acids is 1. The quantitative estimate of drug-likeness (QED) is 0.594. The van der Waals surface area contributed by atoms with Gasteiger partial charge in [-0.2, -0.15) is 4.98 Å². The predicted molar refractivity (Wildman–Crippen MR) is 127 cm³/mol. The molecule has 8 nitrogen and oxygen atoms in total. The first-order valence-corrected chi connectivity index (χ1v) is 11.3. The van der Waals surface area contributed by atoms with Gasteiger partial charge in [0, 0.05) is 51.4 Å². The summed E-state index contributed by atoms with van der Waals surface area (Å²) >= 11 is 0. The number of aromatic hydroxyl groups is 1. The van der Waals surface area contributed by atoms with Gasteiger partial charge in [0.05, 0.1) is 5.39 Å². The van der Waals surface area contributed by atoms with Crippen LogP contribution in [-0.2, 0) is 17.8 Å². The molecule has 176 valence electrons. The minimum absolute atomic E-state index is 0.0635. The van der Waals surface area contributed by atoms with E-state index >= 15 is 0 Å². The zero-order valence-electron chi connectivity index (χ0n) is 19.6. The third kappa shape index (κ3) is 4.86. The molecule has 9 heteroatoms. The zero-order valence-corrected chi connectivity index (χ0v) is 19.6. The van der Waals surface area contributed by atoms with Gasteiger partial charge in [-0.05, 0) is 44.9 Å². The first kappa shape index (κ1) is 22.8. The number of aromatic nitrogens is 3. The Hall–Kier alpha value is -3.36. The van der Waals surface area contributed by atoms with E-state index in [1.165, 1.54) is 12.1 Å². The average Bonchev–Trinajstić information content (AvgIpc) is 3.11. The van der Waals surface area contributed by atoms with E-state index in [2.05, 4.69) is 24.1 Å². The highest BCUT2D eigenvalue weighted by Gasteiger charge is 2.26. The molecule has 33 heavy (non-hydrogen) atoms. The van der Waals surface area contributed by atoms with Crippen molar-refractivity contribution in [2.24, 2.45) is 0 Å². The largest absolute Gasteiger partial charge is 0.493 e. The lowest BCUT2D eigenvalue weighted by molar-refractivity contribution is -0.129. The van der Waals surface area contributed by atoms with E-state index in [0.29, 0.717) is 56.4 Å². The Morgan fingerprint density at radius 3 is 2.42 bits per heavy atom. The Labute approximate surface area is 193 Å². The van der Waals surface area contributed by atoms with Crippen molar-refractivity contribution in [2.75, 3.05) is 36.4 Å². The maximum Gasteiger partial charge on any atom is 0.228 e. The van der Waals surface area contributed by atoms with Gasteiger partial charge in [-0.15, -0.1) is 0 Å². The number of carbonyl (C=O) groups is 1. The number of nitrogens with zero attached hydrogens (tertiary/aromatic N) is 5. The second kappa shape index (κ2) is 8.88. The molecule has 2 aromatic heterocycles. The Balaban J connectivity index is 1.67. The molecule has 3 aromatic rings. The second-order valence-electron chi connectivity index (χ2n) is 9.18. The van der Waals surface area contributed by atoms with Crippen LogP contribution in [0.1, 0.15) is 33.3 Å². The van der Waals surface area contributed by atoms with E-state index in [4.69, 9.17) is 4.98 Å². The summed E-state index contributed by atoms with van der Waals surface area (Å²) in [6, 6.07) is 6.50. The molecule has 0 radical (unpaired) electrons. The van der Waals surface area contributed by atoms with E-state index in [1.807, 2.05) is 22.9 Å². The normalized spacial score (nSPS) is 14.7. The highest BCUT2D eigenvalue weighted by Crippen LogP contribution is 2.34. The molecular weight excluding hydrogens is 423 g/mol. The molecule has 1 aliphatic rings. The Bertz CT molecular complexity index is 1150. The van der Waals surface area contributed by atoms with E-state index in [-0.39, 0.29) is 17.6 Å². The summed E-state index contributed by atoms with van der Waals surface area (Å²) in [6.07, 6.45) is 2.52. The van der Waals surface area contributed by atoms with Crippen molar-refractivity contribution in [3.8, 4) is 5.88 Å². The summed E-state index contributed by atoms with van der Waals surface area (Å²) in [5.74, 6) is 1.08. The number of hydrogen-bond donors (Lipinski definition) is 2. The lowest BCUT2D eigenvalue weighted by atomic mass is 9.95. The van der Waals surface area contributed by atoms with E-state index in [9.17, 15) is 14.3 Å². The van der Waals surface area contributed by atoms with Crippen molar-refractivity contribution in [3.63, 3.8) is 0 Å².